The van der Waals surface area contributed by atoms with E-state index in [0.717, 1.165) is 44.4 Å². The summed E-state index contributed by atoms with van der Waals surface area (Å²) >= 11 is 0. The maximum absolute atomic E-state index is 12.6. The number of unbranched alkanes of at least 4 members (excludes halogenated alkanes) is 10. The van der Waals surface area contributed by atoms with Crippen molar-refractivity contribution in [2.45, 2.75) is 173 Å². The summed E-state index contributed by atoms with van der Waals surface area (Å²) in [5.74, 6) is -0.816. The van der Waals surface area contributed by atoms with Crippen molar-refractivity contribution in [3.63, 3.8) is 0 Å². The molecule has 0 radical (unpaired) electrons. The van der Waals surface area contributed by atoms with E-state index in [-0.39, 0.29) is 31.1 Å². The zero-order chi connectivity index (χ0) is 40.2. The number of carbonyl (C=O) groups excluding carboxylic acids is 2. The number of rotatable bonds is 33. The number of ether oxygens (including phenoxy) is 2. The van der Waals surface area contributed by atoms with E-state index < -0.39 is 76.7 Å². The molecule has 0 bridgehead atoms. The molecule has 1 fully saturated rings. The van der Waals surface area contributed by atoms with Crippen LogP contribution in [0.4, 0.5) is 0 Å². The third kappa shape index (κ3) is 25.5. The van der Waals surface area contributed by atoms with E-state index in [2.05, 4.69) is 25.3 Å². The maximum atomic E-state index is 12.6. The molecule has 1 aliphatic carbocycles. The average Bonchev–Trinajstić information content (AvgIpc) is 3.40. The third-order valence-corrected chi connectivity index (χ3v) is 10.6. The number of phosphoric ester groups is 1. The molecule has 0 aromatic heterocycles. The summed E-state index contributed by atoms with van der Waals surface area (Å²) in [5.41, 5.74) is 0. The number of aliphatic hydroxyl groups is 5. The van der Waals surface area contributed by atoms with Gasteiger partial charge in [0.15, 0.2) is 6.10 Å². The molecular weight excluding hydrogens is 719 g/mol. The Labute approximate surface area is 324 Å². The van der Waals surface area contributed by atoms with Crippen LogP contribution in [0.15, 0.2) is 24.3 Å². The van der Waals surface area contributed by atoms with E-state index in [0.29, 0.717) is 32.1 Å². The maximum Gasteiger partial charge on any atom is 0.472 e. The van der Waals surface area contributed by atoms with Crippen LogP contribution in [0.25, 0.3) is 0 Å². The minimum absolute atomic E-state index is 0.0658. The van der Waals surface area contributed by atoms with Gasteiger partial charge < -0.3 is 39.9 Å². The Balaban J connectivity index is 2.52. The molecule has 8 atom stereocenters. The van der Waals surface area contributed by atoms with E-state index in [1.165, 1.54) is 32.1 Å². The van der Waals surface area contributed by atoms with Gasteiger partial charge in [0.2, 0.25) is 0 Å². The van der Waals surface area contributed by atoms with Crippen LogP contribution in [0.2, 0.25) is 0 Å². The minimum Gasteiger partial charge on any atom is -0.462 e. The number of hydrogen-bond acceptors (Lipinski definition) is 12. The van der Waals surface area contributed by atoms with Gasteiger partial charge in [0.25, 0.3) is 0 Å². The van der Waals surface area contributed by atoms with Crippen LogP contribution in [0.5, 0.6) is 0 Å². The lowest BCUT2D eigenvalue weighted by atomic mass is 9.89. The van der Waals surface area contributed by atoms with Crippen LogP contribution < -0.4 is 0 Å². The largest absolute Gasteiger partial charge is 0.472 e. The lowest BCUT2D eigenvalue weighted by Crippen LogP contribution is -2.29. The number of carbonyl (C=O) groups is 2. The first-order valence-electron chi connectivity index (χ1n) is 20.4. The first-order valence-corrected chi connectivity index (χ1v) is 21.9. The first-order chi connectivity index (χ1) is 25.8. The van der Waals surface area contributed by atoms with Crippen molar-refractivity contribution in [2.75, 3.05) is 26.4 Å². The van der Waals surface area contributed by atoms with E-state index in [1.54, 1.807) is 6.08 Å². The smallest absolute Gasteiger partial charge is 0.462 e. The quantitative estimate of drug-likeness (QED) is 0.0183. The zero-order valence-electron chi connectivity index (χ0n) is 33.2. The number of allylic oxidation sites excluding steroid dienone is 2. The monoisotopic (exact) mass is 792 g/mol. The van der Waals surface area contributed by atoms with Crippen LogP contribution in [0, 0.1) is 17.8 Å². The molecule has 54 heavy (non-hydrogen) atoms. The van der Waals surface area contributed by atoms with Crippen molar-refractivity contribution in [2.24, 2.45) is 17.8 Å². The van der Waals surface area contributed by atoms with Crippen LogP contribution in [0.1, 0.15) is 143 Å². The molecule has 14 heteroatoms. The summed E-state index contributed by atoms with van der Waals surface area (Å²) in [6, 6.07) is 0. The lowest BCUT2D eigenvalue weighted by molar-refractivity contribution is -0.161. The van der Waals surface area contributed by atoms with Gasteiger partial charge in [-0.05, 0) is 43.9 Å². The van der Waals surface area contributed by atoms with Crippen molar-refractivity contribution < 1.29 is 63.1 Å². The standard InChI is InChI=1S/C40H73O13P/c1-4-5-14-20-32(42)24-25-36-35(37(44)26-38(36)45)21-16-12-13-17-22-39(46)50-29-34(30-52-54(48,49)51-28-33(43)27-41)53-40(47)23-18-11-9-7-6-8-10-15-19-31(2)3/h12,16,24-25,31-38,41-45H,4-11,13-15,17-23,26-30H2,1-3H3,(H,48,49)/b16-12+,25-24+/t32-,33-,34+,35+,36+,37-,38+/m0/s1. The molecule has 0 heterocycles. The molecule has 13 nitrogen and oxygen atoms in total. The molecule has 0 aromatic carbocycles. The van der Waals surface area contributed by atoms with Crippen molar-refractivity contribution >= 4 is 19.8 Å². The molecule has 6 N–H and O–H groups in total. The molecule has 0 amide bonds. The second kappa shape index (κ2) is 30.5. The Morgan fingerprint density at radius 2 is 1.43 bits per heavy atom. The summed E-state index contributed by atoms with van der Waals surface area (Å²) in [4.78, 5) is 35.0. The van der Waals surface area contributed by atoms with Crippen LogP contribution >= 0.6 is 7.82 Å². The van der Waals surface area contributed by atoms with Gasteiger partial charge in [0.05, 0.1) is 38.1 Å². The Bertz CT molecular complexity index is 1080. The summed E-state index contributed by atoms with van der Waals surface area (Å²) in [5, 5.41) is 49.5. The van der Waals surface area contributed by atoms with Crippen LogP contribution in [-0.4, -0.2) is 99.3 Å². The molecule has 0 saturated heterocycles. The second-order valence-electron chi connectivity index (χ2n) is 15.1. The molecule has 0 aromatic rings. The minimum atomic E-state index is -4.67. The topological polar surface area (TPSA) is 210 Å². The highest BCUT2D eigenvalue weighted by molar-refractivity contribution is 7.47. The first kappa shape index (κ1) is 50.3. The Morgan fingerprint density at radius 3 is 2.09 bits per heavy atom. The van der Waals surface area contributed by atoms with E-state index >= 15 is 0 Å². The molecular formula is C40H73O13P. The van der Waals surface area contributed by atoms with Crippen LogP contribution in [0.3, 0.4) is 0 Å². The zero-order valence-corrected chi connectivity index (χ0v) is 34.1. The van der Waals surface area contributed by atoms with Gasteiger partial charge in [-0.15, -0.1) is 0 Å². The summed E-state index contributed by atoms with van der Waals surface area (Å²) < 4.78 is 32.6. The molecule has 1 saturated carbocycles. The van der Waals surface area contributed by atoms with Gasteiger partial charge in [0.1, 0.15) is 12.7 Å². The summed E-state index contributed by atoms with van der Waals surface area (Å²) in [6.07, 6.45) is 18.4. The summed E-state index contributed by atoms with van der Waals surface area (Å²) in [6.45, 7) is 4.24. The molecule has 1 rings (SSSR count). The van der Waals surface area contributed by atoms with E-state index in [9.17, 15) is 39.5 Å². The van der Waals surface area contributed by atoms with Crippen molar-refractivity contribution in [3.05, 3.63) is 24.3 Å². The predicted molar refractivity (Wildman–Crippen MR) is 207 cm³/mol. The van der Waals surface area contributed by atoms with Crippen molar-refractivity contribution in [3.8, 4) is 0 Å². The predicted octanol–water partition coefficient (Wildman–Crippen LogP) is 6.46. The van der Waals surface area contributed by atoms with E-state index in [1.807, 2.05) is 18.2 Å². The second-order valence-corrected chi connectivity index (χ2v) is 16.6. The SMILES string of the molecule is CCCCC[C@H](O)/C=C/[C@@H]1[C@@H](C/C=C/CCCC(=O)OC[C@H](COP(=O)(O)OC[C@@H](O)CO)OC(=O)CCCCCCCCCCC(C)C)[C@@H](O)C[C@H]1O. The Morgan fingerprint density at radius 1 is 0.796 bits per heavy atom. The lowest BCUT2D eigenvalue weighted by Gasteiger charge is -2.20. The Hall–Kier alpha value is -1.67. The molecule has 1 aliphatic rings. The van der Waals surface area contributed by atoms with Crippen LogP contribution in [-0.2, 0) is 32.7 Å². The van der Waals surface area contributed by atoms with Crippen molar-refractivity contribution in [1.29, 1.82) is 0 Å². The van der Waals surface area contributed by atoms with Gasteiger partial charge in [0, 0.05) is 25.2 Å². The Kier molecular flexibility index (Phi) is 28.4. The number of aliphatic hydroxyl groups excluding tert-OH is 5. The van der Waals surface area contributed by atoms with E-state index in [4.69, 9.17) is 19.1 Å². The molecule has 0 aliphatic heterocycles. The van der Waals surface area contributed by atoms with Gasteiger partial charge in [-0.1, -0.05) is 116 Å². The average molecular weight is 793 g/mol. The van der Waals surface area contributed by atoms with Gasteiger partial charge in [-0.3, -0.25) is 18.6 Å². The number of hydrogen-bond donors (Lipinski definition) is 6. The van der Waals surface area contributed by atoms with Gasteiger partial charge in [-0.25, -0.2) is 4.57 Å². The third-order valence-electron chi connectivity index (χ3n) is 9.61. The highest BCUT2D eigenvalue weighted by Gasteiger charge is 2.39. The fraction of sp³-hybridized carbons (Fsp3) is 0.850. The molecule has 316 valence electrons. The highest BCUT2D eigenvalue weighted by Crippen LogP contribution is 2.43. The number of phosphoric acid groups is 1. The van der Waals surface area contributed by atoms with Gasteiger partial charge >= 0.3 is 19.8 Å². The summed E-state index contributed by atoms with van der Waals surface area (Å²) in [7, 11) is -4.67. The normalized spacial score (nSPS) is 21.8. The van der Waals surface area contributed by atoms with Gasteiger partial charge in [-0.2, -0.15) is 0 Å². The van der Waals surface area contributed by atoms with Crippen molar-refractivity contribution in [1.82, 2.24) is 0 Å². The number of esters is 2. The highest BCUT2D eigenvalue weighted by atomic mass is 31.2. The molecule has 0 spiro atoms. The fourth-order valence-electron chi connectivity index (χ4n) is 6.35. The molecule has 1 unspecified atom stereocenters. The fourth-order valence-corrected chi connectivity index (χ4v) is 7.14.